The van der Waals surface area contributed by atoms with Crippen LogP contribution in [-0.4, -0.2) is 165 Å². The minimum absolute atomic E-state index is 0.00316. The van der Waals surface area contributed by atoms with E-state index in [1.807, 2.05) is 0 Å². The van der Waals surface area contributed by atoms with E-state index >= 15 is 0 Å². The number of ether oxygens (including phenoxy) is 4. The number of halogens is 1. The molecule has 10 N–H and O–H groups in total. The number of aliphatic hydroxyl groups excluding tert-OH is 5. The summed E-state index contributed by atoms with van der Waals surface area (Å²) in [7, 11) is 1.49. The van der Waals surface area contributed by atoms with E-state index in [-0.39, 0.29) is 44.0 Å². The molecule has 4 atom stereocenters. The minimum Gasteiger partial charge on any atom is -0.496 e. The first kappa shape index (κ1) is 45.3. The normalized spacial score (nSPS) is 16.1. The van der Waals surface area contributed by atoms with Gasteiger partial charge < -0.3 is 71.1 Å². The zero-order valence-corrected chi connectivity index (χ0v) is 30.7. The monoisotopic (exact) mass is 763 g/mol. The van der Waals surface area contributed by atoms with Gasteiger partial charge in [-0.15, -0.1) is 0 Å². The molecule has 0 spiro atoms. The van der Waals surface area contributed by atoms with E-state index in [0.717, 1.165) is 51.7 Å². The van der Waals surface area contributed by atoms with Crippen LogP contribution in [0.4, 0.5) is 5.69 Å². The van der Waals surface area contributed by atoms with Crippen LogP contribution in [0.25, 0.3) is 0 Å². The molecule has 52 heavy (non-hydrogen) atoms. The Morgan fingerprint density at radius 3 is 2.13 bits per heavy atom. The third kappa shape index (κ3) is 17.8. The second-order valence-electron chi connectivity index (χ2n) is 12.5. The maximum absolute atomic E-state index is 12.8. The number of unbranched alkanes of at least 4 members (excludes halogenated alkanes) is 2. The van der Waals surface area contributed by atoms with Gasteiger partial charge in [0, 0.05) is 51.1 Å². The third-order valence-electron chi connectivity index (χ3n) is 8.48. The molecule has 0 saturated carbocycles. The first-order chi connectivity index (χ1) is 25.0. The molecule has 1 aromatic rings. The van der Waals surface area contributed by atoms with E-state index < -0.39 is 36.9 Å². The summed E-state index contributed by atoms with van der Waals surface area (Å²) >= 11 is 6.10. The molecule has 3 amide bonds. The summed E-state index contributed by atoms with van der Waals surface area (Å²) in [6.45, 7) is 3.73. The van der Waals surface area contributed by atoms with Gasteiger partial charge in [0.25, 0.3) is 5.91 Å². The van der Waals surface area contributed by atoms with Crippen LogP contribution < -0.4 is 26.4 Å². The molecule has 0 bridgehead atoms. The number of likely N-dealkylation sites (tertiary alicyclic amines) is 1. The van der Waals surface area contributed by atoms with Gasteiger partial charge in [0.15, 0.2) is 0 Å². The Labute approximate surface area is 310 Å². The second kappa shape index (κ2) is 26.0. The Morgan fingerprint density at radius 1 is 0.865 bits per heavy atom. The fourth-order valence-corrected chi connectivity index (χ4v) is 5.49. The van der Waals surface area contributed by atoms with Crippen molar-refractivity contribution in [1.82, 2.24) is 20.9 Å². The second-order valence-corrected chi connectivity index (χ2v) is 12.9. The highest BCUT2D eigenvalue weighted by Crippen LogP contribution is 2.29. The smallest absolute Gasteiger partial charge is 0.255 e. The van der Waals surface area contributed by atoms with Crippen LogP contribution in [0.15, 0.2) is 12.1 Å². The van der Waals surface area contributed by atoms with Gasteiger partial charge in [-0.3, -0.25) is 14.4 Å². The molecule has 0 radical (unpaired) electrons. The van der Waals surface area contributed by atoms with Crippen molar-refractivity contribution in [2.24, 2.45) is 0 Å². The Hall–Kier alpha value is -2.84. The van der Waals surface area contributed by atoms with E-state index in [1.165, 1.54) is 13.2 Å². The molecule has 17 nitrogen and oxygen atoms in total. The van der Waals surface area contributed by atoms with Crippen LogP contribution in [0.1, 0.15) is 55.3 Å². The predicted molar refractivity (Wildman–Crippen MR) is 192 cm³/mol. The molecule has 1 aliphatic rings. The van der Waals surface area contributed by atoms with Crippen LogP contribution in [0.3, 0.4) is 0 Å². The number of nitrogens with two attached hydrogens (primary N) is 1. The summed E-state index contributed by atoms with van der Waals surface area (Å²) < 4.78 is 21.5. The number of nitrogens with one attached hydrogen (secondary N) is 3. The zero-order valence-electron chi connectivity index (χ0n) is 30.0. The van der Waals surface area contributed by atoms with Gasteiger partial charge in [0.05, 0.1) is 75.7 Å². The standard InChI is InChI=1S/C34H58ClN5O12/c1-49-29-20-26(36)25(35)19-24(29)34(48)39-23-6-11-40(12-7-23)10-4-2-3-5-30(44)37-9-14-51-16-18-52-17-15-50-13-8-31(45)38-21-27(42)32(46)33(47)28(43)22-41/h19-20,23,27-28,32-33,41-43,46-47H,2-18,21-22,36H2,1H3,(H,37,44)(H,38,45)(H,39,48)/t27-,28+,32+,33+/m0/s1. The van der Waals surface area contributed by atoms with Crippen molar-refractivity contribution in [3.05, 3.63) is 22.7 Å². The number of anilines is 1. The molecule has 0 unspecified atom stereocenters. The average molecular weight is 764 g/mol. The third-order valence-corrected chi connectivity index (χ3v) is 8.81. The van der Waals surface area contributed by atoms with E-state index in [2.05, 4.69) is 20.9 Å². The van der Waals surface area contributed by atoms with E-state index in [1.54, 1.807) is 6.07 Å². The van der Waals surface area contributed by atoms with E-state index in [9.17, 15) is 34.8 Å². The zero-order chi connectivity index (χ0) is 38.3. The number of aliphatic hydroxyl groups is 5. The minimum atomic E-state index is -1.76. The maximum Gasteiger partial charge on any atom is 0.255 e. The van der Waals surface area contributed by atoms with Crippen molar-refractivity contribution in [1.29, 1.82) is 0 Å². The average Bonchev–Trinajstić information content (AvgIpc) is 3.14. The van der Waals surface area contributed by atoms with Crippen molar-refractivity contribution in [2.75, 3.05) is 91.8 Å². The highest BCUT2D eigenvalue weighted by atomic mass is 35.5. The summed E-state index contributed by atoms with van der Waals surface area (Å²) in [6.07, 6.45) is -1.72. The van der Waals surface area contributed by atoms with Gasteiger partial charge in [-0.2, -0.15) is 0 Å². The highest BCUT2D eigenvalue weighted by Gasteiger charge is 2.30. The number of benzene rings is 1. The van der Waals surface area contributed by atoms with Gasteiger partial charge in [0.1, 0.15) is 24.1 Å². The number of nitrogen functional groups attached to an aromatic ring is 1. The van der Waals surface area contributed by atoms with Crippen LogP contribution >= 0.6 is 11.6 Å². The summed E-state index contributed by atoms with van der Waals surface area (Å²) in [5.74, 6) is -0.288. The van der Waals surface area contributed by atoms with Crippen LogP contribution in [0.2, 0.25) is 5.02 Å². The van der Waals surface area contributed by atoms with Crippen molar-refractivity contribution in [3.63, 3.8) is 0 Å². The quantitative estimate of drug-likeness (QED) is 0.0377. The number of rotatable bonds is 27. The highest BCUT2D eigenvalue weighted by molar-refractivity contribution is 6.33. The first-order valence-corrected chi connectivity index (χ1v) is 18.1. The summed E-state index contributed by atoms with van der Waals surface area (Å²) in [5.41, 5.74) is 6.54. The lowest BCUT2D eigenvalue weighted by Gasteiger charge is -2.32. The van der Waals surface area contributed by atoms with Crippen molar-refractivity contribution in [2.45, 2.75) is 75.4 Å². The number of hydrogen-bond donors (Lipinski definition) is 9. The first-order valence-electron chi connectivity index (χ1n) is 17.7. The number of amides is 3. The van der Waals surface area contributed by atoms with Gasteiger partial charge in [-0.1, -0.05) is 18.0 Å². The van der Waals surface area contributed by atoms with Crippen LogP contribution in [0.5, 0.6) is 5.75 Å². The van der Waals surface area contributed by atoms with Gasteiger partial charge >= 0.3 is 0 Å². The number of nitrogens with zero attached hydrogens (tertiary/aromatic N) is 1. The molecule has 1 fully saturated rings. The van der Waals surface area contributed by atoms with Crippen LogP contribution in [0, 0.1) is 0 Å². The topological polar surface area (TPSA) is 255 Å². The number of piperidine rings is 1. The molecule has 1 saturated heterocycles. The number of hydrogen-bond acceptors (Lipinski definition) is 14. The fourth-order valence-electron chi connectivity index (χ4n) is 5.33. The SMILES string of the molecule is COc1cc(N)c(Cl)cc1C(=O)NC1CCN(CCCCCC(=O)NCCOCCOCCOCCC(=O)NC[C@H](O)[C@@H](O)[C@H](O)[C@H](O)CO)CC1. The summed E-state index contributed by atoms with van der Waals surface area (Å²) in [5, 5.41) is 55.8. The van der Waals surface area contributed by atoms with Crippen molar-refractivity contribution in [3.8, 4) is 5.75 Å². The van der Waals surface area contributed by atoms with Gasteiger partial charge in [-0.25, -0.2) is 0 Å². The lowest BCUT2D eigenvalue weighted by Crippen LogP contribution is -2.49. The Bertz CT molecular complexity index is 1190. The molecular weight excluding hydrogens is 706 g/mol. The Kier molecular flexibility index (Phi) is 22.7. The molecule has 1 aromatic carbocycles. The van der Waals surface area contributed by atoms with Crippen LogP contribution in [-0.2, 0) is 23.8 Å². The largest absolute Gasteiger partial charge is 0.496 e. The molecule has 0 aromatic heterocycles. The number of carbonyl (C=O) groups excluding carboxylic acids is 3. The fraction of sp³-hybridized carbons (Fsp3) is 0.735. The molecule has 0 aliphatic carbocycles. The van der Waals surface area contributed by atoms with Crippen molar-refractivity contribution >= 4 is 35.0 Å². The van der Waals surface area contributed by atoms with E-state index in [4.69, 9.17) is 41.4 Å². The Morgan fingerprint density at radius 2 is 1.48 bits per heavy atom. The number of carbonyl (C=O) groups is 3. The van der Waals surface area contributed by atoms with E-state index in [0.29, 0.717) is 61.4 Å². The summed E-state index contributed by atoms with van der Waals surface area (Å²) in [6, 6.07) is 3.16. The number of methoxy groups -OCH3 is 1. The lowest BCUT2D eigenvalue weighted by atomic mass is 10.0. The molecule has 298 valence electrons. The summed E-state index contributed by atoms with van der Waals surface area (Å²) in [4.78, 5) is 39.1. The molecular formula is C34H58ClN5O12. The van der Waals surface area contributed by atoms with Gasteiger partial charge in [0.2, 0.25) is 11.8 Å². The maximum atomic E-state index is 12.8. The Balaban J connectivity index is 1.37. The predicted octanol–water partition coefficient (Wildman–Crippen LogP) is -1.21. The molecule has 1 heterocycles. The molecule has 1 aliphatic heterocycles. The molecule has 2 rings (SSSR count). The lowest BCUT2D eigenvalue weighted by molar-refractivity contribution is -0.127. The molecule has 18 heteroatoms. The van der Waals surface area contributed by atoms with Crippen molar-refractivity contribution < 1.29 is 58.9 Å². The van der Waals surface area contributed by atoms with Gasteiger partial charge in [-0.05, 0) is 38.3 Å².